The molecule has 0 atom stereocenters. The molecular weight excluding hydrogens is 302 g/mol. The molecule has 24 heavy (non-hydrogen) atoms. The molecule has 0 bridgehead atoms. The number of aliphatic imine (C=N–C) groups is 1. The number of nitrogens with one attached hydrogen (secondary N) is 2. The maximum absolute atomic E-state index is 9.43. The van der Waals surface area contributed by atoms with Crippen LogP contribution in [0.4, 0.5) is 0 Å². The zero-order valence-corrected chi connectivity index (χ0v) is 15.4. The molecule has 1 aliphatic carbocycles. The second kappa shape index (κ2) is 7.88. The maximum Gasteiger partial charge on any atom is 0.191 e. The summed E-state index contributed by atoms with van der Waals surface area (Å²) in [6.45, 7) is 10.5. The second-order valence-corrected chi connectivity index (χ2v) is 7.53. The van der Waals surface area contributed by atoms with Crippen LogP contribution >= 0.6 is 0 Å². The predicted molar refractivity (Wildman–Crippen MR) is 98.4 cm³/mol. The van der Waals surface area contributed by atoms with Gasteiger partial charge in [-0.25, -0.2) is 4.99 Å². The zero-order chi connectivity index (χ0) is 17.6. The summed E-state index contributed by atoms with van der Waals surface area (Å²) in [5.41, 5.74) is 0.888. The van der Waals surface area contributed by atoms with Crippen LogP contribution in [0.3, 0.4) is 0 Å². The van der Waals surface area contributed by atoms with Crippen molar-refractivity contribution < 1.29 is 9.84 Å². The van der Waals surface area contributed by atoms with Crippen molar-refractivity contribution in [3.8, 4) is 5.75 Å². The molecule has 5 nitrogen and oxygen atoms in total. The van der Waals surface area contributed by atoms with Crippen molar-refractivity contribution >= 4 is 5.96 Å². The summed E-state index contributed by atoms with van der Waals surface area (Å²) in [7, 11) is 0. The van der Waals surface area contributed by atoms with Crippen LogP contribution in [0.15, 0.2) is 29.3 Å². The summed E-state index contributed by atoms with van der Waals surface area (Å²) in [6, 6.07) is 8.02. The van der Waals surface area contributed by atoms with Crippen LogP contribution in [-0.4, -0.2) is 36.4 Å². The molecule has 1 saturated carbocycles. The lowest BCUT2D eigenvalue weighted by molar-refractivity contribution is 0.129. The van der Waals surface area contributed by atoms with Gasteiger partial charge in [0.1, 0.15) is 11.4 Å². The number of ether oxygens (including phenoxy) is 1. The van der Waals surface area contributed by atoms with Crippen LogP contribution in [0.1, 0.15) is 46.1 Å². The fourth-order valence-corrected chi connectivity index (χ4v) is 2.41. The summed E-state index contributed by atoms with van der Waals surface area (Å²) in [5.74, 6) is 1.65. The van der Waals surface area contributed by atoms with Crippen molar-refractivity contribution in [1.29, 1.82) is 0 Å². The van der Waals surface area contributed by atoms with Gasteiger partial charge in [-0.3, -0.25) is 0 Å². The molecule has 3 N–H and O–H groups in total. The largest absolute Gasteiger partial charge is 0.488 e. The number of hydrogen-bond donors (Lipinski definition) is 3. The van der Waals surface area contributed by atoms with Gasteiger partial charge in [-0.2, -0.15) is 0 Å². The molecule has 134 valence electrons. The summed E-state index contributed by atoms with van der Waals surface area (Å²) >= 11 is 0. The van der Waals surface area contributed by atoms with E-state index in [1.807, 2.05) is 52.0 Å². The Hall–Kier alpha value is -1.75. The van der Waals surface area contributed by atoms with Gasteiger partial charge in [0, 0.05) is 24.1 Å². The van der Waals surface area contributed by atoms with E-state index in [-0.39, 0.29) is 17.6 Å². The van der Waals surface area contributed by atoms with Crippen molar-refractivity contribution in [1.82, 2.24) is 10.6 Å². The number of nitrogens with zero attached hydrogens (tertiary/aromatic N) is 1. The van der Waals surface area contributed by atoms with Gasteiger partial charge in [-0.05, 0) is 46.6 Å². The molecule has 0 spiro atoms. The molecular formula is C19H31N3O2. The highest BCUT2D eigenvalue weighted by Gasteiger charge is 2.41. The van der Waals surface area contributed by atoms with E-state index >= 15 is 0 Å². The molecule has 0 heterocycles. The fraction of sp³-hybridized carbons (Fsp3) is 0.632. The average molecular weight is 333 g/mol. The average Bonchev–Trinajstić information content (AvgIpc) is 3.30. The van der Waals surface area contributed by atoms with Gasteiger partial charge < -0.3 is 20.5 Å². The van der Waals surface area contributed by atoms with Crippen molar-refractivity contribution in [2.24, 2.45) is 10.4 Å². The summed E-state index contributed by atoms with van der Waals surface area (Å²) in [4.78, 5) is 4.67. The van der Waals surface area contributed by atoms with Gasteiger partial charge in [0.2, 0.25) is 0 Å². The summed E-state index contributed by atoms with van der Waals surface area (Å²) < 4.78 is 6.02. The van der Waals surface area contributed by atoms with E-state index in [4.69, 9.17) is 4.74 Å². The van der Waals surface area contributed by atoms with E-state index in [0.717, 1.165) is 43.2 Å². The van der Waals surface area contributed by atoms with Crippen LogP contribution in [0.2, 0.25) is 0 Å². The third-order valence-electron chi connectivity index (χ3n) is 4.06. The fourth-order valence-electron chi connectivity index (χ4n) is 2.41. The topological polar surface area (TPSA) is 65.9 Å². The Morgan fingerprint density at radius 3 is 2.54 bits per heavy atom. The molecule has 2 rings (SSSR count). The Morgan fingerprint density at radius 2 is 1.96 bits per heavy atom. The van der Waals surface area contributed by atoms with Crippen molar-refractivity contribution in [3.63, 3.8) is 0 Å². The van der Waals surface area contributed by atoms with Crippen molar-refractivity contribution in [2.75, 3.05) is 19.7 Å². The molecule has 1 aromatic carbocycles. The van der Waals surface area contributed by atoms with Crippen LogP contribution in [0.5, 0.6) is 5.75 Å². The highest BCUT2D eigenvalue weighted by Crippen LogP contribution is 2.44. The van der Waals surface area contributed by atoms with Crippen LogP contribution < -0.4 is 15.4 Å². The number of aliphatic hydroxyl groups is 1. The minimum Gasteiger partial charge on any atom is -0.488 e. The van der Waals surface area contributed by atoms with Gasteiger partial charge in [0.25, 0.3) is 0 Å². The summed E-state index contributed by atoms with van der Waals surface area (Å²) in [5, 5.41) is 16.0. The van der Waals surface area contributed by atoms with E-state index in [0.29, 0.717) is 6.54 Å². The van der Waals surface area contributed by atoms with Crippen LogP contribution in [-0.2, 0) is 6.54 Å². The van der Waals surface area contributed by atoms with Crippen molar-refractivity contribution in [2.45, 2.75) is 52.7 Å². The Bertz CT molecular complexity index is 560. The lowest BCUT2D eigenvalue weighted by Crippen LogP contribution is -2.41. The highest BCUT2D eigenvalue weighted by atomic mass is 16.5. The Kier molecular flexibility index (Phi) is 6.10. The number of hydrogen-bond acceptors (Lipinski definition) is 3. The Labute approximate surface area is 145 Å². The zero-order valence-electron chi connectivity index (χ0n) is 15.4. The first-order chi connectivity index (χ1) is 11.4. The SMILES string of the molecule is CCNC(=NCc1ccccc1OC(C)(C)C)NCC1(CO)CC1. The number of benzene rings is 1. The molecule has 1 aliphatic rings. The van der Waals surface area contributed by atoms with Gasteiger partial charge in [0.05, 0.1) is 13.2 Å². The molecule has 1 fully saturated rings. The first kappa shape index (κ1) is 18.6. The van der Waals surface area contributed by atoms with Gasteiger partial charge in [-0.1, -0.05) is 18.2 Å². The number of aliphatic hydroxyl groups excluding tert-OH is 1. The molecule has 0 saturated heterocycles. The third kappa shape index (κ3) is 5.71. The van der Waals surface area contributed by atoms with E-state index in [1.54, 1.807) is 0 Å². The van der Waals surface area contributed by atoms with Gasteiger partial charge in [0.15, 0.2) is 5.96 Å². The first-order valence-electron chi connectivity index (χ1n) is 8.77. The predicted octanol–water partition coefficient (Wildman–Crippen LogP) is 2.69. The van der Waals surface area contributed by atoms with Gasteiger partial charge >= 0.3 is 0 Å². The minimum absolute atomic E-state index is 0.0590. The van der Waals surface area contributed by atoms with Gasteiger partial charge in [-0.15, -0.1) is 0 Å². The van der Waals surface area contributed by atoms with Crippen LogP contribution in [0.25, 0.3) is 0 Å². The lowest BCUT2D eigenvalue weighted by Gasteiger charge is -2.23. The van der Waals surface area contributed by atoms with E-state index in [1.165, 1.54) is 0 Å². The van der Waals surface area contributed by atoms with Crippen LogP contribution in [0, 0.1) is 5.41 Å². The van der Waals surface area contributed by atoms with E-state index in [2.05, 4.69) is 15.6 Å². The van der Waals surface area contributed by atoms with E-state index < -0.39 is 0 Å². The number of rotatable bonds is 7. The van der Waals surface area contributed by atoms with Crippen molar-refractivity contribution in [3.05, 3.63) is 29.8 Å². The molecule has 0 radical (unpaired) electrons. The quantitative estimate of drug-likeness (QED) is 0.530. The lowest BCUT2D eigenvalue weighted by atomic mass is 10.1. The molecule has 5 heteroatoms. The second-order valence-electron chi connectivity index (χ2n) is 7.53. The number of guanidine groups is 1. The molecule has 0 amide bonds. The standard InChI is InChI=1S/C19H31N3O2/c1-5-20-17(22-13-19(14-23)10-11-19)21-12-15-8-6-7-9-16(15)24-18(2,3)4/h6-9,23H,5,10-14H2,1-4H3,(H2,20,21,22). The first-order valence-corrected chi connectivity index (χ1v) is 8.77. The smallest absolute Gasteiger partial charge is 0.191 e. The Balaban J connectivity index is 2.02. The third-order valence-corrected chi connectivity index (χ3v) is 4.06. The maximum atomic E-state index is 9.43. The molecule has 1 aromatic rings. The molecule has 0 aromatic heterocycles. The highest BCUT2D eigenvalue weighted by molar-refractivity contribution is 5.79. The molecule has 0 unspecified atom stereocenters. The monoisotopic (exact) mass is 333 g/mol. The molecule has 0 aliphatic heterocycles. The summed E-state index contributed by atoms with van der Waals surface area (Å²) in [6.07, 6.45) is 2.16. The Morgan fingerprint density at radius 1 is 1.25 bits per heavy atom. The normalized spacial score (nSPS) is 16.6. The van der Waals surface area contributed by atoms with E-state index in [9.17, 15) is 5.11 Å². The minimum atomic E-state index is -0.234. The number of para-hydroxylation sites is 1.